The largest absolute Gasteiger partial charge is 0.481 e. The van der Waals surface area contributed by atoms with E-state index < -0.39 is 60.2 Å². The first-order valence-electron chi connectivity index (χ1n) is 14.8. The molecule has 5 aromatic rings. The van der Waals surface area contributed by atoms with E-state index in [1.165, 1.54) is 12.5 Å². The second kappa shape index (κ2) is 14.4. The van der Waals surface area contributed by atoms with Crippen molar-refractivity contribution in [3.63, 3.8) is 0 Å². The van der Waals surface area contributed by atoms with E-state index >= 15 is 0 Å². The molecule has 4 unspecified atom stereocenters. The second-order valence-corrected chi connectivity index (χ2v) is 11.1. The van der Waals surface area contributed by atoms with Gasteiger partial charge in [0.1, 0.15) is 18.1 Å². The number of H-pyrrole nitrogens is 3. The number of carbonyl (C=O) groups excluding carboxylic acids is 3. The zero-order chi connectivity index (χ0) is 33.5. The molecule has 4 atom stereocenters. The summed E-state index contributed by atoms with van der Waals surface area (Å²) >= 11 is 0. The van der Waals surface area contributed by atoms with Crippen molar-refractivity contribution in [3.05, 3.63) is 90.3 Å². The highest BCUT2D eigenvalue weighted by molar-refractivity contribution is 5.96. The number of imidazole rings is 1. The monoisotopic (exact) mass is 642 g/mol. The van der Waals surface area contributed by atoms with Crippen LogP contribution in [0.25, 0.3) is 21.8 Å². The van der Waals surface area contributed by atoms with E-state index in [0.717, 1.165) is 27.4 Å². The quantitative estimate of drug-likeness (QED) is 0.0780. The molecular weight excluding hydrogens is 608 g/mol. The number of para-hydroxylation sites is 2. The number of hydrogen-bond donors (Lipinski definition) is 9. The Labute approximate surface area is 267 Å². The summed E-state index contributed by atoms with van der Waals surface area (Å²) in [7, 11) is 0. The number of fused-ring (bicyclic) bond motifs is 2. The average Bonchev–Trinajstić information content (AvgIpc) is 3.81. The molecule has 47 heavy (non-hydrogen) atoms. The molecule has 0 aliphatic rings. The van der Waals surface area contributed by atoms with Crippen molar-refractivity contribution in [2.75, 3.05) is 0 Å². The van der Waals surface area contributed by atoms with Crippen LogP contribution in [0.3, 0.4) is 0 Å². The molecule has 0 bridgehead atoms. The number of nitrogens with zero attached hydrogens (tertiary/aromatic N) is 1. The normalized spacial score (nSPS) is 13.8. The molecule has 244 valence electrons. The van der Waals surface area contributed by atoms with Crippen molar-refractivity contribution in [2.45, 2.75) is 49.9 Å². The number of aromatic amines is 3. The molecule has 3 aromatic heterocycles. The Morgan fingerprint density at radius 3 is 1.83 bits per heavy atom. The fourth-order valence-electron chi connectivity index (χ4n) is 5.38. The van der Waals surface area contributed by atoms with Gasteiger partial charge in [-0.1, -0.05) is 36.4 Å². The van der Waals surface area contributed by atoms with Crippen molar-refractivity contribution in [1.82, 2.24) is 35.9 Å². The van der Waals surface area contributed by atoms with Gasteiger partial charge in [-0.2, -0.15) is 0 Å². The number of carbonyl (C=O) groups is 5. The summed E-state index contributed by atoms with van der Waals surface area (Å²) in [4.78, 5) is 76.8. The van der Waals surface area contributed by atoms with Gasteiger partial charge in [0, 0.05) is 58.9 Å². The lowest BCUT2D eigenvalue weighted by Gasteiger charge is -2.24. The number of rotatable bonds is 15. The number of benzene rings is 2. The van der Waals surface area contributed by atoms with E-state index in [2.05, 4.69) is 35.9 Å². The molecule has 0 saturated heterocycles. The second-order valence-electron chi connectivity index (χ2n) is 11.1. The van der Waals surface area contributed by atoms with Crippen LogP contribution >= 0.6 is 0 Å². The predicted octanol–water partition coefficient (Wildman–Crippen LogP) is 0.741. The van der Waals surface area contributed by atoms with E-state index in [0.29, 0.717) is 11.3 Å². The SMILES string of the molecule is NC(Cc1c[nH]c2ccccc12)C(=O)NC(CC(=O)O)C(=O)NC(Cc1cnc[nH]1)C(=O)NC(Cc1c[nH]c2ccccc12)C(=O)O. The number of nitrogens with two attached hydrogens (primary N) is 1. The number of aliphatic carboxylic acids is 2. The maximum absolute atomic E-state index is 13.5. The molecule has 3 heterocycles. The summed E-state index contributed by atoms with van der Waals surface area (Å²) in [6.45, 7) is 0. The minimum Gasteiger partial charge on any atom is -0.481 e. The fourth-order valence-corrected chi connectivity index (χ4v) is 5.38. The summed E-state index contributed by atoms with van der Waals surface area (Å²) in [5.41, 5.74) is 9.67. The number of carboxylic acids is 2. The highest BCUT2D eigenvalue weighted by Gasteiger charge is 2.32. The molecule has 0 fully saturated rings. The Morgan fingerprint density at radius 1 is 0.702 bits per heavy atom. The van der Waals surface area contributed by atoms with E-state index in [4.69, 9.17) is 5.73 Å². The molecule has 0 aliphatic carbocycles. The number of amides is 3. The van der Waals surface area contributed by atoms with Crippen LogP contribution in [0.5, 0.6) is 0 Å². The van der Waals surface area contributed by atoms with Gasteiger partial charge >= 0.3 is 11.9 Å². The maximum Gasteiger partial charge on any atom is 0.326 e. The number of aromatic nitrogens is 4. The first kappa shape index (κ1) is 32.4. The molecule has 0 aliphatic heterocycles. The van der Waals surface area contributed by atoms with Gasteiger partial charge in [0.15, 0.2) is 0 Å². The highest BCUT2D eigenvalue weighted by atomic mass is 16.4. The minimum absolute atomic E-state index is 0.0537. The van der Waals surface area contributed by atoms with Gasteiger partial charge in [0.05, 0.1) is 18.8 Å². The molecule has 3 amide bonds. The van der Waals surface area contributed by atoms with Gasteiger partial charge in [-0.15, -0.1) is 0 Å². The Balaban J connectivity index is 1.29. The predicted molar refractivity (Wildman–Crippen MR) is 170 cm³/mol. The first-order valence-corrected chi connectivity index (χ1v) is 14.8. The van der Waals surface area contributed by atoms with E-state index in [9.17, 15) is 34.2 Å². The first-order chi connectivity index (χ1) is 22.6. The number of carboxylic acid groups (broad SMARTS) is 2. The van der Waals surface area contributed by atoms with Gasteiger partial charge in [-0.05, 0) is 29.7 Å². The number of nitrogens with one attached hydrogen (secondary N) is 6. The summed E-state index contributed by atoms with van der Waals surface area (Å²) < 4.78 is 0. The third-order valence-corrected chi connectivity index (χ3v) is 7.79. The van der Waals surface area contributed by atoms with Crippen molar-refractivity contribution in [1.29, 1.82) is 0 Å². The van der Waals surface area contributed by atoms with Crippen LogP contribution in [0.1, 0.15) is 23.2 Å². The van der Waals surface area contributed by atoms with Crippen LogP contribution in [0.4, 0.5) is 0 Å². The molecule has 0 spiro atoms. The standard InChI is InChI=1S/C32H34N8O7/c33-22(9-17-13-35-23-7-3-1-5-20(17)23)29(43)38-26(12-28(41)42)31(45)39-25(11-19-15-34-16-37-19)30(44)40-27(32(46)47)10-18-14-36-24-8-4-2-6-21(18)24/h1-8,13-16,22,25-27,35-36H,9-12,33H2,(H,34,37)(H,38,43)(H,39,45)(H,40,44)(H,41,42)(H,46,47). The minimum atomic E-state index is -1.59. The van der Waals surface area contributed by atoms with Crippen molar-refractivity contribution >= 4 is 51.5 Å². The van der Waals surface area contributed by atoms with Crippen LogP contribution in [0, 0.1) is 0 Å². The third kappa shape index (κ3) is 8.01. The van der Waals surface area contributed by atoms with Crippen LogP contribution in [-0.4, -0.2) is 84.0 Å². The summed E-state index contributed by atoms with van der Waals surface area (Å²) in [5, 5.41) is 28.5. The Hall–Kier alpha value is -5.96. The fraction of sp³-hybridized carbons (Fsp3) is 0.250. The number of hydrogen-bond acceptors (Lipinski definition) is 7. The van der Waals surface area contributed by atoms with Gasteiger partial charge in [-0.25, -0.2) is 9.78 Å². The van der Waals surface area contributed by atoms with Gasteiger partial charge in [0.25, 0.3) is 0 Å². The van der Waals surface area contributed by atoms with Crippen LogP contribution in [0.2, 0.25) is 0 Å². The van der Waals surface area contributed by atoms with Crippen molar-refractivity contribution < 1.29 is 34.2 Å². The van der Waals surface area contributed by atoms with Crippen LogP contribution < -0.4 is 21.7 Å². The van der Waals surface area contributed by atoms with Crippen molar-refractivity contribution in [2.24, 2.45) is 5.73 Å². The van der Waals surface area contributed by atoms with Gasteiger partial charge in [-0.3, -0.25) is 19.2 Å². The molecule has 15 nitrogen and oxygen atoms in total. The Morgan fingerprint density at radius 2 is 1.26 bits per heavy atom. The molecule has 5 rings (SSSR count). The van der Waals surface area contributed by atoms with Crippen LogP contribution in [-0.2, 0) is 43.2 Å². The van der Waals surface area contributed by atoms with E-state index in [1.807, 2.05) is 48.5 Å². The van der Waals surface area contributed by atoms with E-state index in [1.54, 1.807) is 12.4 Å². The molecule has 15 heteroatoms. The zero-order valence-electron chi connectivity index (χ0n) is 25.0. The van der Waals surface area contributed by atoms with Crippen LogP contribution in [0.15, 0.2) is 73.4 Å². The third-order valence-electron chi connectivity index (χ3n) is 7.79. The lowest BCUT2D eigenvalue weighted by Crippen LogP contribution is -2.58. The molecule has 2 aromatic carbocycles. The molecular formula is C32H34N8O7. The zero-order valence-corrected chi connectivity index (χ0v) is 25.0. The highest BCUT2D eigenvalue weighted by Crippen LogP contribution is 2.20. The molecule has 0 saturated carbocycles. The molecule has 10 N–H and O–H groups in total. The van der Waals surface area contributed by atoms with Crippen molar-refractivity contribution in [3.8, 4) is 0 Å². The summed E-state index contributed by atoms with van der Waals surface area (Å²) in [6.07, 6.45) is 5.30. The topological polar surface area (TPSA) is 248 Å². The lowest BCUT2D eigenvalue weighted by atomic mass is 10.0. The van der Waals surface area contributed by atoms with Gasteiger partial charge in [0.2, 0.25) is 17.7 Å². The summed E-state index contributed by atoms with van der Waals surface area (Å²) in [5.74, 6) is -5.25. The summed E-state index contributed by atoms with van der Waals surface area (Å²) in [6, 6.07) is 9.31. The van der Waals surface area contributed by atoms with Gasteiger partial charge < -0.3 is 46.8 Å². The Kier molecular flexibility index (Phi) is 9.96. The Bertz CT molecular complexity index is 1900. The lowest BCUT2D eigenvalue weighted by molar-refractivity contribution is -0.143. The maximum atomic E-state index is 13.5. The average molecular weight is 643 g/mol. The van der Waals surface area contributed by atoms with E-state index in [-0.39, 0.29) is 19.3 Å². The smallest absolute Gasteiger partial charge is 0.326 e. The molecule has 0 radical (unpaired) electrons.